The Balaban J connectivity index is 0.00000144. The van der Waals surface area contributed by atoms with Gasteiger partial charge in [-0.15, -0.1) is 12.4 Å². The lowest BCUT2D eigenvalue weighted by Crippen LogP contribution is -2.34. The second kappa shape index (κ2) is 7.58. The number of halogens is 1. The van der Waals surface area contributed by atoms with Crippen LogP contribution in [0.25, 0.3) is 0 Å². The molecule has 0 radical (unpaired) electrons. The van der Waals surface area contributed by atoms with E-state index in [9.17, 15) is 0 Å². The van der Waals surface area contributed by atoms with E-state index >= 15 is 0 Å². The van der Waals surface area contributed by atoms with Crippen molar-refractivity contribution in [2.24, 2.45) is 5.92 Å². The Hall–Kier alpha value is -0.710. The highest BCUT2D eigenvalue weighted by molar-refractivity contribution is 5.85. The van der Waals surface area contributed by atoms with Crippen LogP contribution in [-0.2, 0) is 0 Å². The van der Waals surface area contributed by atoms with Gasteiger partial charge < -0.3 is 10.6 Å². The van der Waals surface area contributed by atoms with Gasteiger partial charge in [-0.2, -0.15) is 0 Å². The molecule has 0 bridgehead atoms. The Morgan fingerprint density at radius 3 is 2.82 bits per heavy atom. The maximum atomic E-state index is 4.31. The van der Waals surface area contributed by atoms with Crippen LogP contribution >= 0.6 is 12.4 Å². The van der Waals surface area contributed by atoms with Crippen LogP contribution in [0.15, 0.2) is 18.6 Å². The summed E-state index contributed by atoms with van der Waals surface area (Å²) in [5.41, 5.74) is 1.02. The molecule has 1 aliphatic heterocycles. The lowest BCUT2D eigenvalue weighted by Gasteiger charge is -2.24. The number of aromatic nitrogens is 2. The first-order valence-corrected chi connectivity index (χ1v) is 6.06. The summed E-state index contributed by atoms with van der Waals surface area (Å²) in [6.45, 7) is 5.54. The molecule has 0 aliphatic carbocycles. The molecular formula is C12H21ClN4. The van der Waals surface area contributed by atoms with Crippen molar-refractivity contribution in [2.45, 2.75) is 25.8 Å². The van der Waals surface area contributed by atoms with Crippen molar-refractivity contribution < 1.29 is 0 Å². The van der Waals surface area contributed by atoms with Crippen LogP contribution in [0.4, 0.5) is 0 Å². The van der Waals surface area contributed by atoms with Gasteiger partial charge in [0.05, 0.1) is 5.69 Å². The van der Waals surface area contributed by atoms with Crippen LogP contribution in [-0.4, -0.2) is 29.6 Å². The molecule has 2 rings (SSSR count). The van der Waals surface area contributed by atoms with Gasteiger partial charge in [0, 0.05) is 24.6 Å². The zero-order valence-corrected chi connectivity index (χ0v) is 11.0. The molecule has 2 N–H and O–H groups in total. The SMILES string of the molecule is CC(NCC1CCNCC1)c1cnccn1.Cl. The summed E-state index contributed by atoms with van der Waals surface area (Å²) in [4.78, 5) is 8.39. The zero-order chi connectivity index (χ0) is 11.2. The second-order valence-corrected chi connectivity index (χ2v) is 4.45. The number of hydrogen-bond donors (Lipinski definition) is 2. The van der Waals surface area contributed by atoms with Crippen molar-refractivity contribution in [3.05, 3.63) is 24.3 Å². The molecule has 1 fully saturated rings. The minimum Gasteiger partial charge on any atom is -0.317 e. The van der Waals surface area contributed by atoms with Gasteiger partial charge in [0.25, 0.3) is 0 Å². The Morgan fingerprint density at radius 1 is 1.41 bits per heavy atom. The standard InChI is InChI=1S/C12H20N4.ClH/c1-10(12-9-14-6-7-15-12)16-8-11-2-4-13-5-3-11;/h6-7,9-11,13,16H,2-5,8H2,1H3;1H. The first kappa shape index (κ1) is 14.4. The average molecular weight is 257 g/mol. The van der Waals surface area contributed by atoms with E-state index < -0.39 is 0 Å². The Morgan fingerprint density at radius 2 is 2.18 bits per heavy atom. The molecular weight excluding hydrogens is 236 g/mol. The van der Waals surface area contributed by atoms with Crippen LogP contribution in [0.2, 0.25) is 0 Å². The summed E-state index contributed by atoms with van der Waals surface area (Å²) >= 11 is 0. The van der Waals surface area contributed by atoms with Gasteiger partial charge in [-0.05, 0) is 45.3 Å². The van der Waals surface area contributed by atoms with E-state index in [2.05, 4.69) is 27.5 Å². The fourth-order valence-corrected chi connectivity index (χ4v) is 2.07. The monoisotopic (exact) mass is 256 g/mol. The average Bonchev–Trinajstić information content (AvgIpc) is 2.38. The van der Waals surface area contributed by atoms with Crippen LogP contribution < -0.4 is 10.6 Å². The molecule has 0 saturated carbocycles. The minimum atomic E-state index is 0. The summed E-state index contributed by atoms with van der Waals surface area (Å²) in [5, 5.41) is 6.92. The fourth-order valence-electron chi connectivity index (χ4n) is 2.07. The molecule has 5 heteroatoms. The van der Waals surface area contributed by atoms with Crippen molar-refractivity contribution in [1.29, 1.82) is 0 Å². The van der Waals surface area contributed by atoms with Gasteiger partial charge in [-0.3, -0.25) is 9.97 Å². The third kappa shape index (κ3) is 4.58. The summed E-state index contributed by atoms with van der Waals surface area (Å²) in [7, 11) is 0. The minimum absolute atomic E-state index is 0. The molecule has 96 valence electrons. The molecule has 0 spiro atoms. The molecule has 0 aromatic carbocycles. The summed E-state index contributed by atoms with van der Waals surface area (Å²) in [6, 6.07) is 0.295. The van der Waals surface area contributed by atoms with E-state index in [0.717, 1.165) is 31.2 Å². The predicted octanol–water partition coefficient (Wildman–Crippen LogP) is 1.55. The first-order valence-electron chi connectivity index (χ1n) is 6.06. The second-order valence-electron chi connectivity index (χ2n) is 4.45. The predicted molar refractivity (Wildman–Crippen MR) is 71.3 cm³/mol. The van der Waals surface area contributed by atoms with Crippen LogP contribution in [0.1, 0.15) is 31.5 Å². The molecule has 1 unspecified atom stereocenters. The van der Waals surface area contributed by atoms with E-state index in [1.165, 1.54) is 12.8 Å². The lowest BCUT2D eigenvalue weighted by molar-refractivity contribution is 0.343. The fraction of sp³-hybridized carbons (Fsp3) is 0.667. The van der Waals surface area contributed by atoms with Crippen molar-refractivity contribution in [3.8, 4) is 0 Å². The van der Waals surface area contributed by atoms with Gasteiger partial charge >= 0.3 is 0 Å². The van der Waals surface area contributed by atoms with Gasteiger partial charge in [0.15, 0.2) is 0 Å². The molecule has 2 heterocycles. The van der Waals surface area contributed by atoms with E-state index in [0.29, 0.717) is 6.04 Å². The molecule has 17 heavy (non-hydrogen) atoms. The molecule has 1 atom stereocenters. The summed E-state index contributed by atoms with van der Waals surface area (Å²) < 4.78 is 0. The normalized spacial score (nSPS) is 18.4. The lowest BCUT2D eigenvalue weighted by atomic mass is 9.98. The van der Waals surface area contributed by atoms with Crippen LogP contribution in [0.5, 0.6) is 0 Å². The maximum absolute atomic E-state index is 4.31. The number of rotatable bonds is 4. The van der Waals surface area contributed by atoms with Crippen molar-refractivity contribution >= 4 is 12.4 Å². The van der Waals surface area contributed by atoms with E-state index in [1.54, 1.807) is 12.4 Å². The summed E-state index contributed by atoms with van der Waals surface area (Å²) in [5.74, 6) is 0.806. The van der Waals surface area contributed by atoms with Crippen molar-refractivity contribution in [3.63, 3.8) is 0 Å². The van der Waals surface area contributed by atoms with Crippen molar-refractivity contribution in [1.82, 2.24) is 20.6 Å². The van der Waals surface area contributed by atoms with Crippen molar-refractivity contribution in [2.75, 3.05) is 19.6 Å². The highest BCUT2D eigenvalue weighted by atomic mass is 35.5. The van der Waals surface area contributed by atoms with Crippen LogP contribution in [0.3, 0.4) is 0 Å². The topological polar surface area (TPSA) is 49.8 Å². The quantitative estimate of drug-likeness (QED) is 0.858. The Kier molecular flexibility index (Phi) is 6.40. The molecule has 1 aromatic rings. The number of hydrogen-bond acceptors (Lipinski definition) is 4. The van der Waals surface area contributed by atoms with Crippen LogP contribution in [0, 0.1) is 5.92 Å². The smallest absolute Gasteiger partial charge is 0.0753 e. The molecule has 1 aromatic heterocycles. The van der Waals surface area contributed by atoms with Gasteiger partial charge in [0.1, 0.15) is 0 Å². The third-order valence-corrected chi connectivity index (χ3v) is 3.20. The summed E-state index contributed by atoms with van der Waals surface area (Å²) in [6.07, 6.45) is 7.85. The van der Waals surface area contributed by atoms with E-state index in [-0.39, 0.29) is 12.4 Å². The number of nitrogens with one attached hydrogen (secondary N) is 2. The van der Waals surface area contributed by atoms with E-state index in [1.807, 2.05) is 6.20 Å². The highest BCUT2D eigenvalue weighted by Crippen LogP contribution is 2.13. The molecule has 1 aliphatic rings. The Labute approximate surface area is 109 Å². The Bertz CT molecular complexity index is 301. The third-order valence-electron chi connectivity index (χ3n) is 3.20. The highest BCUT2D eigenvalue weighted by Gasteiger charge is 2.14. The van der Waals surface area contributed by atoms with E-state index in [4.69, 9.17) is 0 Å². The molecule has 1 saturated heterocycles. The molecule has 0 amide bonds. The van der Waals surface area contributed by atoms with Gasteiger partial charge in [-0.1, -0.05) is 0 Å². The largest absolute Gasteiger partial charge is 0.317 e. The maximum Gasteiger partial charge on any atom is 0.0753 e. The van der Waals surface area contributed by atoms with Gasteiger partial charge in [-0.25, -0.2) is 0 Å². The number of piperidine rings is 1. The number of nitrogens with zero attached hydrogens (tertiary/aromatic N) is 2. The molecule has 4 nitrogen and oxygen atoms in total. The zero-order valence-electron chi connectivity index (χ0n) is 10.2. The van der Waals surface area contributed by atoms with Gasteiger partial charge in [0.2, 0.25) is 0 Å². The first-order chi connectivity index (χ1) is 7.86.